The van der Waals surface area contributed by atoms with Gasteiger partial charge in [0.15, 0.2) is 0 Å². The lowest BCUT2D eigenvalue weighted by atomic mass is 10.1. The van der Waals surface area contributed by atoms with E-state index in [0.29, 0.717) is 6.04 Å². The van der Waals surface area contributed by atoms with Crippen LogP contribution in [0.15, 0.2) is 36.7 Å². The van der Waals surface area contributed by atoms with Crippen LogP contribution < -0.4 is 9.80 Å². The maximum atomic E-state index is 11.5. The Morgan fingerprint density at radius 2 is 1.80 bits per heavy atom. The number of fused-ring (bicyclic) bond motifs is 1. The molecule has 1 fully saturated rings. The van der Waals surface area contributed by atoms with Crippen LogP contribution in [0.25, 0.3) is 0 Å². The highest BCUT2D eigenvalue weighted by molar-refractivity contribution is 5.74. The van der Waals surface area contributed by atoms with Gasteiger partial charge >= 0.3 is 0 Å². The summed E-state index contributed by atoms with van der Waals surface area (Å²) in [6.45, 7) is 6.97. The van der Waals surface area contributed by atoms with Gasteiger partial charge in [0.25, 0.3) is 0 Å². The molecule has 1 aromatic carbocycles. The van der Waals surface area contributed by atoms with E-state index in [1.807, 2.05) is 4.90 Å². The Labute approximate surface area is 148 Å². The average Bonchev–Trinajstić information content (AvgIpc) is 2.97. The Hall–Kier alpha value is -2.63. The zero-order chi connectivity index (χ0) is 17.4. The number of anilines is 3. The molecule has 6 heteroatoms. The Bertz CT molecular complexity index is 785. The van der Waals surface area contributed by atoms with Gasteiger partial charge in [-0.15, -0.1) is 0 Å². The van der Waals surface area contributed by atoms with Crippen molar-refractivity contribution in [1.82, 2.24) is 14.9 Å². The molecule has 1 atom stereocenters. The van der Waals surface area contributed by atoms with Crippen LogP contribution in [0.1, 0.15) is 19.4 Å². The second-order valence-corrected chi connectivity index (χ2v) is 6.78. The molecule has 0 saturated carbocycles. The molecule has 1 saturated heterocycles. The molecular weight excluding hydrogens is 314 g/mol. The van der Waals surface area contributed by atoms with Crippen molar-refractivity contribution in [1.29, 1.82) is 0 Å². The summed E-state index contributed by atoms with van der Waals surface area (Å²) < 4.78 is 0. The highest BCUT2D eigenvalue weighted by Crippen LogP contribution is 2.37. The normalized spacial score (nSPS) is 19.9. The van der Waals surface area contributed by atoms with Gasteiger partial charge in [0, 0.05) is 50.9 Å². The van der Waals surface area contributed by atoms with E-state index in [2.05, 4.69) is 57.0 Å². The van der Waals surface area contributed by atoms with Crippen LogP contribution in [0.5, 0.6) is 0 Å². The minimum Gasteiger partial charge on any atom is -0.353 e. The summed E-state index contributed by atoms with van der Waals surface area (Å²) >= 11 is 0. The smallest absolute Gasteiger partial charge is 0.219 e. The molecule has 6 nitrogen and oxygen atoms in total. The second kappa shape index (κ2) is 6.35. The van der Waals surface area contributed by atoms with Gasteiger partial charge in [-0.25, -0.2) is 9.97 Å². The molecule has 1 amide bonds. The van der Waals surface area contributed by atoms with Crippen molar-refractivity contribution in [2.45, 2.75) is 26.3 Å². The van der Waals surface area contributed by atoms with Crippen molar-refractivity contribution in [2.75, 3.05) is 36.0 Å². The number of nitrogens with zero attached hydrogens (tertiary/aromatic N) is 5. The first-order valence-corrected chi connectivity index (χ1v) is 8.83. The summed E-state index contributed by atoms with van der Waals surface area (Å²) in [4.78, 5) is 26.9. The lowest BCUT2D eigenvalue weighted by Crippen LogP contribution is -2.48. The summed E-state index contributed by atoms with van der Waals surface area (Å²) in [6.07, 6.45) is 2.68. The van der Waals surface area contributed by atoms with Crippen LogP contribution in [0.4, 0.5) is 17.3 Å². The number of benzene rings is 1. The van der Waals surface area contributed by atoms with Gasteiger partial charge in [0.05, 0.1) is 0 Å². The molecule has 4 rings (SSSR count). The number of para-hydroxylation sites is 1. The number of hydrogen-bond donors (Lipinski definition) is 0. The Kier molecular flexibility index (Phi) is 4.03. The maximum Gasteiger partial charge on any atom is 0.219 e. The van der Waals surface area contributed by atoms with E-state index < -0.39 is 0 Å². The number of aromatic nitrogens is 2. The number of hydrogen-bond acceptors (Lipinski definition) is 5. The zero-order valence-electron chi connectivity index (χ0n) is 14.7. The number of amides is 1. The first-order valence-electron chi connectivity index (χ1n) is 8.83. The van der Waals surface area contributed by atoms with Crippen molar-refractivity contribution in [3.05, 3.63) is 42.2 Å². The first kappa shape index (κ1) is 15.9. The van der Waals surface area contributed by atoms with Gasteiger partial charge in [0.2, 0.25) is 5.91 Å². The van der Waals surface area contributed by atoms with Crippen LogP contribution in [-0.4, -0.2) is 53.0 Å². The zero-order valence-corrected chi connectivity index (χ0v) is 14.7. The van der Waals surface area contributed by atoms with Crippen LogP contribution >= 0.6 is 0 Å². The molecule has 1 unspecified atom stereocenters. The second-order valence-electron chi connectivity index (χ2n) is 6.78. The quantitative estimate of drug-likeness (QED) is 0.841. The first-order chi connectivity index (χ1) is 12.1. The topological polar surface area (TPSA) is 52.6 Å². The fourth-order valence-corrected chi connectivity index (χ4v) is 3.81. The van der Waals surface area contributed by atoms with E-state index in [1.165, 1.54) is 11.3 Å². The molecule has 0 N–H and O–H groups in total. The lowest BCUT2D eigenvalue weighted by Gasteiger charge is -2.35. The van der Waals surface area contributed by atoms with Crippen LogP contribution in [-0.2, 0) is 11.2 Å². The molecule has 0 radical (unpaired) electrons. The van der Waals surface area contributed by atoms with Gasteiger partial charge in [-0.05, 0) is 25.0 Å². The van der Waals surface area contributed by atoms with Crippen molar-refractivity contribution in [2.24, 2.45) is 0 Å². The number of piperazine rings is 1. The molecule has 25 heavy (non-hydrogen) atoms. The van der Waals surface area contributed by atoms with E-state index in [1.54, 1.807) is 13.3 Å². The van der Waals surface area contributed by atoms with Crippen LogP contribution in [0.3, 0.4) is 0 Å². The Morgan fingerprint density at radius 3 is 2.56 bits per heavy atom. The largest absolute Gasteiger partial charge is 0.353 e. The summed E-state index contributed by atoms with van der Waals surface area (Å²) in [7, 11) is 0. The van der Waals surface area contributed by atoms with E-state index in [-0.39, 0.29) is 5.91 Å². The highest BCUT2D eigenvalue weighted by atomic mass is 16.2. The fraction of sp³-hybridized carbons (Fsp3) is 0.421. The van der Waals surface area contributed by atoms with Crippen molar-refractivity contribution in [3.8, 4) is 0 Å². The van der Waals surface area contributed by atoms with Crippen LogP contribution in [0.2, 0.25) is 0 Å². The number of rotatable bonds is 2. The average molecular weight is 337 g/mol. The molecule has 3 heterocycles. The monoisotopic (exact) mass is 337 g/mol. The van der Waals surface area contributed by atoms with Gasteiger partial charge in [-0.2, -0.15) is 0 Å². The molecular formula is C19H23N5O. The molecule has 1 aromatic heterocycles. The predicted molar refractivity (Wildman–Crippen MR) is 98.2 cm³/mol. The fourth-order valence-electron chi connectivity index (χ4n) is 3.81. The molecule has 2 aliphatic rings. The molecule has 2 aliphatic heterocycles. The standard InChI is InChI=1S/C19H23N5O/c1-14-11-16-5-3-4-6-17(16)24(14)19-12-18(20-13-21-19)23-9-7-22(8-10-23)15(2)25/h3-6,12-14H,7-11H2,1-2H3. The summed E-state index contributed by atoms with van der Waals surface area (Å²) in [6, 6.07) is 11.0. The SMILES string of the molecule is CC(=O)N1CCN(c2cc(N3c4ccccc4CC3C)ncn2)CC1. The minimum atomic E-state index is 0.144. The summed E-state index contributed by atoms with van der Waals surface area (Å²) in [5.74, 6) is 2.02. The number of carbonyl (C=O) groups is 1. The summed E-state index contributed by atoms with van der Waals surface area (Å²) in [5.41, 5.74) is 2.60. The van der Waals surface area contributed by atoms with Crippen LogP contribution in [0, 0.1) is 0 Å². The summed E-state index contributed by atoms with van der Waals surface area (Å²) in [5, 5.41) is 0. The third kappa shape index (κ3) is 2.92. The molecule has 0 spiro atoms. The van der Waals surface area contributed by atoms with E-state index in [0.717, 1.165) is 44.2 Å². The van der Waals surface area contributed by atoms with Crippen molar-refractivity contribution in [3.63, 3.8) is 0 Å². The molecule has 0 bridgehead atoms. The maximum absolute atomic E-state index is 11.5. The van der Waals surface area contributed by atoms with Gasteiger partial charge in [-0.3, -0.25) is 4.79 Å². The Balaban J connectivity index is 1.58. The van der Waals surface area contributed by atoms with Crippen molar-refractivity contribution < 1.29 is 4.79 Å². The van der Waals surface area contributed by atoms with Gasteiger partial charge in [-0.1, -0.05) is 18.2 Å². The van der Waals surface area contributed by atoms with E-state index in [4.69, 9.17) is 0 Å². The minimum absolute atomic E-state index is 0.144. The van der Waals surface area contributed by atoms with E-state index in [9.17, 15) is 4.79 Å². The third-order valence-corrected chi connectivity index (χ3v) is 5.14. The predicted octanol–water partition coefficient (Wildman–Crippen LogP) is 2.23. The van der Waals surface area contributed by atoms with Gasteiger partial charge < -0.3 is 14.7 Å². The lowest BCUT2D eigenvalue weighted by molar-refractivity contribution is -0.129. The number of carbonyl (C=O) groups excluding carboxylic acids is 1. The molecule has 2 aromatic rings. The van der Waals surface area contributed by atoms with E-state index >= 15 is 0 Å². The molecule has 130 valence electrons. The molecule has 0 aliphatic carbocycles. The Morgan fingerprint density at radius 1 is 1.08 bits per heavy atom. The van der Waals surface area contributed by atoms with Gasteiger partial charge in [0.1, 0.15) is 18.0 Å². The van der Waals surface area contributed by atoms with Crippen molar-refractivity contribution >= 4 is 23.2 Å². The third-order valence-electron chi connectivity index (χ3n) is 5.14. The highest BCUT2D eigenvalue weighted by Gasteiger charge is 2.28.